The number of esters is 1. The minimum atomic E-state index is -0.456. The lowest BCUT2D eigenvalue weighted by Crippen LogP contribution is -2.08. The van der Waals surface area contributed by atoms with Crippen molar-refractivity contribution in [2.24, 2.45) is 0 Å². The monoisotopic (exact) mass is 335 g/mol. The summed E-state index contributed by atoms with van der Waals surface area (Å²) in [6.45, 7) is 2.06. The first kappa shape index (κ1) is 12.8. The molecule has 0 saturated heterocycles. The predicted octanol–water partition coefficient (Wildman–Crippen LogP) is 1.85. The maximum absolute atomic E-state index is 11.6. The number of ether oxygens (including phenoxy) is 1. The number of fused-ring (bicyclic) bond motifs is 1. The second-order valence-corrected chi connectivity index (χ2v) is 4.85. The van der Waals surface area contributed by atoms with E-state index in [1.54, 1.807) is 23.6 Å². The number of carbonyl (C=O) groups excluding carboxylic acids is 1. The normalized spacial score (nSPS) is 10.9. The lowest BCUT2D eigenvalue weighted by atomic mass is 10.4. The summed E-state index contributed by atoms with van der Waals surface area (Å²) < 4.78 is 9.07. The number of aromatic nitrogens is 5. The van der Waals surface area contributed by atoms with Crippen LogP contribution in [0.15, 0.2) is 35.1 Å². The zero-order chi connectivity index (χ0) is 14.1. The highest BCUT2D eigenvalue weighted by atomic mass is 79.9. The minimum Gasteiger partial charge on any atom is -0.461 e. The number of pyridine rings is 1. The van der Waals surface area contributed by atoms with Crippen molar-refractivity contribution in [1.29, 1.82) is 0 Å². The summed E-state index contributed by atoms with van der Waals surface area (Å²) in [6, 6.07) is 5.29. The summed E-state index contributed by atoms with van der Waals surface area (Å²) in [5, 5.41) is 12.3. The summed E-state index contributed by atoms with van der Waals surface area (Å²) >= 11 is 3.37. The molecular formula is C12H10BrN5O2. The summed E-state index contributed by atoms with van der Waals surface area (Å²) in [7, 11) is 0. The van der Waals surface area contributed by atoms with Gasteiger partial charge in [0.1, 0.15) is 0 Å². The Kier molecular flexibility index (Phi) is 3.23. The molecule has 3 aromatic heterocycles. The third-order valence-electron chi connectivity index (χ3n) is 2.63. The molecule has 0 amide bonds. The number of rotatable bonds is 3. The van der Waals surface area contributed by atoms with Crippen LogP contribution in [0, 0.1) is 0 Å². The molecule has 0 unspecified atom stereocenters. The van der Waals surface area contributed by atoms with Gasteiger partial charge in [0.05, 0.1) is 6.61 Å². The minimum absolute atomic E-state index is 0.237. The van der Waals surface area contributed by atoms with Crippen molar-refractivity contribution >= 4 is 27.5 Å². The van der Waals surface area contributed by atoms with Gasteiger partial charge in [0, 0.05) is 16.9 Å². The average molecular weight is 336 g/mol. The molecule has 3 aromatic rings. The summed E-state index contributed by atoms with van der Waals surface area (Å²) in [5.74, 6) is 0.0471. The van der Waals surface area contributed by atoms with Crippen molar-refractivity contribution in [3.63, 3.8) is 0 Å². The lowest BCUT2D eigenvalue weighted by Gasteiger charge is -2.00. The Morgan fingerprint density at radius 3 is 3.00 bits per heavy atom. The van der Waals surface area contributed by atoms with Gasteiger partial charge in [-0.1, -0.05) is 15.9 Å². The smallest absolute Gasteiger partial charge is 0.358 e. The summed E-state index contributed by atoms with van der Waals surface area (Å²) in [5.41, 5.74) is 0.920. The van der Waals surface area contributed by atoms with Gasteiger partial charge in [-0.15, -0.1) is 10.2 Å². The van der Waals surface area contributed by atoms with E-state index in [1.165, 1.54) is 4.68 Å². The Morgan fingerprint density at radius 1 is 1.35 bits per heavy atom. The standard InChI is InChI=1S/C12H10BrN5O2/c1-2-20-11(19)9-4-6-18(16-9)12-15-14-10-7-8(13)3-5-17(10)12/h3-7H,2H2,1H3. The third kappa shape index (κ3) is 2.18. The van der Waals surface area contributed by atoms with Gasteiger partial charge in [-0.3, -0.25) is 4.40 Å². The molecule has 7 nitrogen and oxygen atoms in total. The number of hydrogen-bond acceptors (Lipinski definition) is 5. The first-order valence-electron chi connectivity index (χ1n) is 5.92. The molecule has 0 atom stereocenters. The number of carbonyl (C=O) groups is 1. The largest absolute Gasteiger partial charge is 0.461 e. The average Bonchev–Trinajstić information content (AvgIpc) is 3.04. The molecule has 3 rings (SSSR count). The van der Waals surface area contributed by atoms with Gasteiger partial charge >= 0.3 is 5.97 Å². The van der Waals surface area contributed by atoms with Crippen molar-refractivity contribution in [1.82, 2.24) is 24.4 Å². The van der Waals surface area contributed by atoms with Gasteiger partial charge < -0.3 is 4.74 Å². The lowest BCUT2D eigenvalue weighted by molar-refractivity contribution is 0.0519. The van der Waals surface area contributed by atoms with E-state index < -0.39 is 5.97 Å². The van der Waals surface area contributed by atoms with Crippen LogP contribution in [0.2, 0.25) is 0 Å². The van der Waals surface area contributed by atoms with E-state index in [-0.39, 0.29) is 5.69 Å². The molecule has 0 aromatic carbocycles. The fourth-order valence-corrected chi connectivity index (χ4v) is 2.08. The molecule has 102 valence electrons. The molecule has 0 fully saturated rings. The first-order valence-corrected chi connectivity index (χ1v) is 6.72. The van der Waals surface area contributed by atoms with E-state index in [1.807, 2.05) is 18.3 Å². The first-order chi connectivity index (χ1) is 9.69. The molecule has 0 spiro atoms. The van der Waals surface area contributed by atoms with E-state index in [4.69, 9.17) is 4.74 Å². The maximum Gasteiger partial charge on any atom is 0.358 e. The van der Waals surface area contributed by atoms with E-state index >= 15 is 0 Å². The van der Waals surface area contributed by atoms with Crippen LogP contribution in [-0.2, 0) is 4.74 Å². The summed E-state index contributed by atoms with van der Waals surface area (Å²) in [4.78, 5) is 11.6. The highest BCUT2D eigenvalue weighted by Crippen LogP contribution is 2.14. The van der Waals surface area contributed by atoms with Gasteiger partial charge in [-0.25, -0.2) is 9.48 Å². The predicted molar refractivity (Wildman–Crippen MR) is 73.8 cm³/mol. The number of nitrogens with zero attached hydrogens (tertiary/aromatic N) is 5. The van der Waals surface area contributed by atoms with Gasteiger partial charge in [-0.05, 0) is 25.1 Å². The van der Waals surface area contributed by atoms with Crippen LogP contribution in [0.5, 0.6) is 0 Å². The molecule has 0 saturated carbocycles. The Hall–Kier alpha value is -2.22. The molecule has 3 heterocycles. The Morgan fingerprint density at radius 2 is 2.20 bits per heavy atom. The van der Waals surface area contributed by atoms with Crippen LogP contribution >= 0.6 is 15.9 Å². The van der Waals surface area contributed by atoms with E-state index in [2.05, 4.69) is 31.2 Å². The van der Waals surface area contributed by atoms with Crippen LogP contribution in [0.1, 0.15) is 17.4 Å². The van der Waals surface area contributed by atoms with Gasteiger partial charge in [0.15, 0.2) is 11.3 Å². The van der Waals surface area contributed by atoms with Crippen LogP contribution < -0.4 is 0 Å². The zero-order valence-electron chi connectivity index (χ0n) is 10.5. The Balaban J connectivity index is 2.01. The van der Waals surface area contributed by atoms with Crippen LogP contribution in [0.4, 0.5) is 0 Å². The van der Waals surface area contributed by atoms with Crippen molar-refractivity contribution in [2.45, 2.75) is 6.92 Å². The topological polar surface area (TPSA) is 74.3 Å². The molecule has 0 radical (unpaired) electrons. The molecule has 8 heteroatoms. The Labute approximate surface area is 122 Å². The van der Waals surface area contributed by atoms with Crippen molar-refractivity contribution in [3.8, 4) is 5.95 Å². The number of halogens is 1. The molecule has 0 N–H and O–H groups in total. The second kappa shape index (κ2) is 5.04. The van der Waals surface area contributed by atoms with Gasteiger partial charge in [0.2, 0.25) is 0 Å². The van der Waals surface area contributed by atoms with Gasteiger partial charge in [-0.2, -0.15) is 5.10 Å². The van der Waals surface area contributed by atoms with Crippen LogP contribution in [0.3, 0.4) is 0 Å². The summed E-state index contributed by atoms with van der Waals surface area (Å²) in [6.07, 6.45) is 3.46. The van der Waals surface area contributed by atoms with Gasteiger partial charge in [0.25, 0.3) is 5.95 Å². The quantitative estimate of drug-likeness (QED) is 0.683. The fourth-order valence-electron chi connectivity index (χ4n) is 1.76. The van der Waals surface area contributed by atoms with E-state index in [0.29, 0.717) is 18.2 Å². The molecule has 0 aliphatic rings. The Bertz CT molecular complexity index is 779. The van der Waals surface area contributed by atoms with E-state index in [9.17, 15) is 4.79 Å². The molecule has 20 heavy (non-hydrogen) atoms. The zero-order valence-corrected chi connectivity index (χ0v) is 12.1. The van der Waals surface area contributed by atoms with E-state index in [0.717, 1.165) is 4.47 Å². The molecular weight excluding hydrogens is 326 g/mol. The second-order valence-electron chi connectivity index (χ2n) is 3.94. The van der Waals surface area contributed by atoms with Crippen molar-refractivity contribution in [2.75, 3.05) is 6.61 Å². The molecule has 0 aliphatic heterocycles. The fraction of sp³-hybridized carbons (Fsp3) is 0.167. The van der Waals surface area contributed by atoms with Crippen LogP contribution in [0.25, 0.3) is 11.6 Å². The molecule has 0 bridgehead atoms. The highest BCUT2D eigenvalue weighted by molar-refractivity contribution is 9.10. The maximum atomic E-state index is 11.6. The SMILES string of the molecule is CCOC(=O)c1ccn(-c2nnc3cc(Br)ccn23)n1. The van der Waals surface area contributed by atoms with Crippen molar-refractivity contribution < 1.29 is 9.53 Å². The third-order valence-corrected chi connectivity index (χ3v) is 3.13. The molecule has 0 aliphatic carbocycles. The highest BCUT2D eigenvalue weighted by Gasteiger charge is 2.14. The van der Waals surface area contributed by atoms with Crippen molar-refractivity contribution in [3.05, 3.63) is 40.8 Å². The van der Waals surface area contributed by atoms with Crippen LogP contribution in [-0.4, -0.2) is 37.0 Å². The number of hydrogen-bond donors (Lipinski definition) is 0.